The second-order valence-corrected chi connectivity index (χ2v) is 10.9. The Morgan fingerprint density at radius 2 is 1.77 bits per heavy atom. The molecule has 4 aromatic rings. The van der Waals surface area contributed by atoms with E-state index in [9.17, 15) is 13.2 Å². The molecular formula is C26H22N4O3S2. The zero-order valence-electron chi connectivity index (χ0n) is 18.9. The molecule has 2 heterocycles. The molecule has 1 amide bonds. The van der Waals surface area contributed by atoms with Crippen LogP contribution in [0.4, 0.5) is 11.4 Å². The molecular weight excluding hydrogens is 480 g/mol. The summed E-state index contributed by atoms with van der Waals surface area (Å²) in [7, 11) is -3.87. The minimum absolute atomic E-state index is 0.0562. The van der Waals surface area contributed by atoms with Gasteiger partial charge in [-0.05, 0) is 36.2 Å². The number of sulfonamides is 1. The number of thioether (sulfide) groups is 1. The third kappa shape index (κ3) is 4.78. The molecule has 0 aliphatic carbocycles. The van der Waals surface area contributed by atoms with Crippen molar-refractivity contribution in [1.29, 1.82) is 0 Å². The molecule has 9 heteroatoms. The van der Waals surface area contributed by atoms with Crippen LogP contribution in [-0.4, -0.2) is 30.0 Å². The molecule has 0 saturated heterocycles. The first-order valence-corrected chi connectivity index (χ1v) is 13.4. The largest absolute Gasteiger partial charge is 0.325 e. The summed E-state index contributed by atoms with van der Waals surface area (Å²) in [5.74, 6) is -0.0923. The van der Waals surface area contributed by atoms with Crippen LogP contribution >= 0.6 is 11.8 Å². The number of nitrogens with zero attached hydrogens (tertiary/aromatic N) is 3. The van der Waals surface area contributed by atoms with E-state index in [2.05, 4.69) is 15.3 Å². The van der Waals surface area contributed by atoms with Gasteiger partial charge >= 0.3 is 0 Å². The summed E-state index contributed by atoms with van der Waals surface area (Å²) in [4.78, 5) is 21.3. The predicted molar refractivity (Wildman–Crippen MR) is 138 cm³/mol. The number of amides is 1. The maximum atomic E-state index is 13.6. The van der Waals surface area contributed by atoms with Crippen LogP contribution < -0.4 is 9.62 Å². The van der Waals surface area contributed by atoms with Crippen LogP contribution in [0.2, 0.25) is 0 Å². The third-order valence-electron chi connectivity index (χ3n) is 5.53. The molecule has 1 aliphatic rings. The SMILES string of the molecule is Cc1cccc(NC(=O)CSc2ncc3c(n2)-c2ccccc2N(Cc2ccccc2)S3(=O)=O)c1. The Morgan fingerprint density at radius 1 is 1.00 bits per heavy atom. The number of benzene rings is 3. The minimum atomic E-state index is -3.87. The van der Waals surface area contributed by atoms with E-state index in [1.165, 1.54) is 10.5 Å². The van der Waals surface area contributed by atoms with E-state index in [1.54, 1.807) is 6.07 Å². The highest BCUT2D eigenvalue weighted by Gasteiger charge is 2.36. The van der Waals surface area contributed by atoms with Crippen molar-refractivity contribution in [2.45, 2.75) is 23.5 Å². The van der Waals surface area contributed by atoms with Gasteiger partial charge < -0.3 is 5.32 Å². The van der Waals surface area contributed by atoms with Crippen LogP contribution in [0, 0.1) is 6.92 Å². The van der Waals surface area contributed by atoms with Gasteiger partial charge in [0, 0.05) is 11.3 Å². The Hall–Kier alpha value is -3.69. The Bertz CT molecular complexity index is 1510. The number of rotatable bonds is 6. The molecule has 176 valence electrons. The van der Waals surface area contributed by atoms with Crippen LogP contribution in [0.5, 0.6) is 0 Å². The average molecular weight is 503 g/mol. The summed E-state index contributed by atoms with van der Waals surface area (Å²) in [6.45, 7) is 2.16. The van der Waals surface area contributed by atoms with Crippen molar-refractivity contribution in [2.75, 3.05) is 15.4 Å². The van der Waals surface area contributed by atoms with E-state index in [-0.39, 0.29) is 23.1 Å². The van der Waals surface area contributed by atoms with Gasteiger partial charge in [-0.15, -0.1) is 0 Å². The van der Waals surface area contributed by atoms with Gasteiger partial charge in [-0.2, -0.15) is 0 Å². The molecule has 0 radical (unpaired) electrons. The van der Waals surface area contributed by atoms with Crippen LogP contribution in [0.1, 0.15) is 11.1 Å². The zero-order valence-corrected chi connectivity index (χ0v) is 20.5. The maximum absolute atomic E-state index is 13.6. The Balaban J connectivity index is 1.41. The Morgan fingerprint density at radius 3 is 2.57 bits per heavy atom. The van der Waals surface area contributed by atoms with Crippen LogP contribution in [0.3, 0.4) is 0 Å². The van der Waals surface area contributed by atoms with Gasteiger partial charge in [0.15, 0.2) is 5.16 Å². The monoisotopic (exact) mass is 502 g/mol. The molecule has 0 saturated carbocycles. The minimum Gasteiger partial charge on any atom is -0.325 e. The number of carbonyl (C=O) groups excluding carboxylic acids is 1. The highest BCUT2D eigenvalue weighted by Crippen LogP contribution is 2.42. The first-order chi connectivity index (χ1) is 16.9. The predicted octanol–water partition coefficient (Wildman–Crippen LogP) is 4.89. The number of carbonyl (C=O) groups is 1. The number of fused-ring (bicyclic) bond motifs is 3. The summed E-state index contributed by atoms with van der Waals surface area (Å²) in [5.41, 5.74) is 4.27. The van der Waals surface area contributed by atoms with Crippen LogP contribution in [0.25, 0.3) is 11.3 Å². The van der Waals surface area contributed by atoms with E-state index < -0.39 is 10.0 Å². The normalized spacial score (nSPS) is 13.6. The van der Waals surface area contributed by atoms with E-state index in [0.29, 0.717) is 22.1 Å². The molecule has 0 fully saturated rings. The molecule has 1 N–H and O–H groups in total. The molecule has 3 aromatic carbocycles. The van der Waals surface area contributed by atoms with Crippen LogP contribution in [0.15, 0.2) is 95.1 Å². The molecule has 1 aliphatic heterocycles. The molecule has 0 spiro atoms. The number of aromatic nitrogens is 2. The number of nitrogens with one attached hydrogen (secondary N) is 1. The Labute approximate surface area is 208 Å². The van der Waals surface area contributed by atoms with Gasteiger partial charge in [-0.1, -0.05) is 72.4 Å². The van der Waals surface area contributed by atoms with Crippen molar-refractivity contribution < 1.29 is 13.2 Å². The lowest BCUT2D eigenvalue weighted by Gasteiger charge is -2.31. The topological polar surface area (TPSA) is 92.3 Å². The van der Waals surface area contributed by atoms with Crippen molar-refractivity contribution in [2.24, 2.45) is 0 Å². The fourth-order valence-electron chi connectivity index (χ4n) is 3.91. The molecule has 35 heavy (non-hydrogen) atoms. The summed E-state index contributed by atoms with van der Waals surface area (Å²) in [6.07, 6.45) is 1.34. The van der Waals surface area contributed by atoms with Crippen molar-refractivity contribution in [3.8, 4) is 11.3 Å². The molecule has 1 aromatic heterocycles. The van der Waals surface area contributed by atoms with Crippen molar-refractivity contribution >= 4 is 39.1 Å². The van der Waals surface area contributed by atoms with Gasteiger partial charge in [0.25, 0.3) is 10.0 Å². The number of hydrogen-bond donors (Lipinski definition) is 1. The third-order valence-corrected chi connectivity index (χ3v) is 8.15. The second kappa shape index (κ2) is 9.52. The lowest BCUT2D eigenvalue weighted by molar-refractivity contribution is -0.113. The van der Waals surface area contributed by atoms with Gasteiger partial charge in [-0.3, -0.25) is 9.10 Å². The molecule has 7 nitrogen and oxygen atoms in total. The quantitative estimate of drug-likeness (QED) is 0.298. The number of anilines is 2. The van der Waals surface area contributed by atoms with Gasteiger partial charge in [0.2, 0.25) is 5.91 Å². The molecule has 0 atom stereocenters. The zero-order chi connectivity index (χ0) is 24.4. The van der Waals surface area contributed by atoms with Crippen molar-refractivity contribution in [3.63, 3.8) is 0 Å². The number of aryl methyl sites for hydroxylation is 1. The van der Waals surface area contributed by atoms with E-state index in [1.807, 2.05) is 79.7 Å². The summed E-state index contributed by atoms with van der Waals surface area (Å²) in [5, 5.41) is 3.19. The summed E-state index contributed by atoms with van der Waals surface area (Å²) in [6, 6.07) is 24.3. The number of hydrogen-bond acceptors (Lipinski definition) is 6. The highest BCUT2D eigenvalue weighted by atomic mass is 32.2. The first kappa shape index (κ1) is 23.1. The molecule has 0 unspecified atom stereocenters. The fraction of sp³-hybridized carbons (Fsp3) is 0.115. The average Bonchev–Trinajstić information content (AvgIpc) is 2.86. The lowest BCUT2D eigenvalue weighted by atomic mass is 10.1. The summed E-state index contributed by atoms with van der Waals surface area (Å²) < 4.78 is 28.5. The van der Waals surface area contributed by atoms with Crippen LogP contribution in [-0.2, 0) is 21.4 Å². The van der Waals surface area contributed by atoms with Gasteiger partial charge in [0.05, 0.1) is 29.9 Å². The Kier molecular flexibility index (Phi) is 6.27. The standard InChI is InChI=1S/C26H22N4O3S2/c1-18-8-7-11-20(14-18)28-24(31)17-34-26-27-15-23-25(29-26)21-12-5-6-13-22(21)30(35(23,32)33)16-19-9-3-2-4-10-19/h2-15H,16-17H2,1H3,(H,28,31). The summed E-state index contributed by atoms with van der Waals surface area (Å²) >= 11 is 1.16. The maximum Gasteiger partial charge on any atom is 0.268 e. The lowest BCUT2D eigenvalue weighted by Crippen LogP contribution is -2.34. The highest BCUT2D eigenvalue weighted by molar-refractivity contribution is 7.99. The smallest absolute Gasteiger partial charge is 0.268 e. The van der Waals surface area contributed by atoms with E-state index >= 15 is 0 Å². The van der Waals surface area contributed by atoms with E-state index in [4.69, 9.17) is 0 Å². The molecule has 5 rings (SSSR count). The molecule has 0 bridgehead atoms. The van der Waals surface area contributed by atoms with Crippen molar-refractivity contribution in [3.05, 3.63) is 96.2 Å². The van der Waals surface area contributed by atoms with Crippen molar-refractivity contribution in [1.82, 2.24) is 9.97 Å². The second-order valence-electron chi connectivity index (χ2n) is 8.09. The van der Waals surface area contributed by atoms with E-state index in [0.717, 1.165) is 28.6 Å². The fourth-order valence-corrected chi connectivity index (χ4v) is 6.09. The van der Waals surface area contributed by atoms with Gasteiger partial charge in [-0.25, -0.2) is 18.4 Å². The van der Waals surface area contributed by atoms with Gasteiger partial charge in [0.1, 0.15) is 4.90 Å². The first-order valence-electron chi connectivity index (χ1n) is 10.9. The number of para-hydroxylation sites is 1.